The third-order valence-corrected chi connectivity index (χ3v) is 3.09. The molecule has 0 atom stereocenters. The lowest BCUT2D eigenvalue weighted by atomic mass is 9.94. The van der Waals surface area contributed by atoms with Gasteiger partial charge in [0, 0.05) is 0 Å². The van der Waals surface area contributed by atoms with Crippen LogP contribution in [0.5, 0.6) is 0 Å². The minimum Gasteiger partial charge on any atom is -0.119 e. The summed E-state index contributed by atoms with van der Waals surface area (Å²) in [5.74, 6) is 2.92. The zero-order valence-electron chi connectivity index (χ0n) is 8.22. The summed E-state index contributed by atoms with van der Waals surface area (Å²) in [5, 5.41) is 0. The molecule has 0 unspecified atom stereocenters. The van der Waals surface area contributed by atoms with E-state index in [0.29, 0.717) is 0 Å². The number of benzene rings is 1. The Bertz CT molecular complexity index is 376. The van der Waals surface area contributed by atoms with E-state index >= 15 is 0 Å². The molecule has 0 radical (unpaired) electrons. The van der Waals surface area contributed by atoms with Crippen molar-refractivity contribution in [2.45, 2.75) is 32.1 Å². The zero-order chi connectivity index (χ0) is 9.47. The fraction of sp³-hybridized carbons (Fsp3) is 0.385. The van der Waals surface area contributed by atoms with Gasteiger partial charge in [0.25, 0.3) is 0 Å². The van der Waals surface area contributed by atoms with Crippen molar-refractivity contribution in [2.75, 3.05) is 0 Å². The molecule has 1 aromatic rings. The van der Waals surface area contributed by atoms with E-state index in [-0.39, 0.29) is 5.41 Å². The van der Waals surface area contributed by atoms with Gasteiger partial charge < -0.3 is 0 Å². The summed E-state index contributed by atoms with van der Waals surface area (Å²) < 4.78 is 0. The van der Waals surface area contributed by atoms with Crippen LogP contribution in [0.25, 0.3) is 0 Å². The molecule has 1 fully saturated rings. The van der Waals surface area contributed by atoms with E-state index < -0.39 is 0 Å². The normalized spacial score (nSPS) is 17.9. The van der Waals surface area contributed by atoms with Crippen LogP contribution in [0.3, 0.4) is 0 Å². The maximum absolute atomic E-state index is 5.54. The fourth-order valence-corrected chi connectivity index (χ4v) is 1.68. The lowest BCUT2D eigenvalue weighted by Gasteiger charge is -2.10. The van der Waals surface area contributed by atoms with Crippen LogP contribution in [0.1, 0.15) is 29.5 Å². The van der Waals surface area contributed by atoms with Crippen LogP contribution in [-0.2, 0) is 5.41 Å². The van der Waals surface area contributed by atoms with Crippen molar-refractivity contribution in [3.8, 4) is 12.3 Å². The molecule has 0 saturated heterocycles. The third kappa shape index (κ3) is 1.25. The van der Waals surface area contributed by atoms with Crippen LogP contribution >= 0.6 is 0 Å². The van der Waals surface area contributed by atoms with Gasteiger partial charge in [-0.25, -0.2) is 0 Å². The van der Waals surface area contributed by atoms with E-state index in [9.17, 15) is 0 Å². The van der Waals surface area contributed by atoms with Gasteiger partial charge in [-0.2, -0.15) is 0 Å². The van der Waals surface area contributed by atoms with Crippen molar-refractivity contribution in [1.29, 1.82) is 0 Å². The molecular weight excluding hydrogens is 156 g/mol. The second kappa shape index (κ2) is 2.64. The first kappa shape index (κ1) is 8.38. The molecule has 0 spiro atoms. The molecule has 1 aliphatic rings. The summed E-state index contributed by atoms with van der Waals surface area (Å²) in [5.41, 5.74) is 4.12. The number of aryl methyl sites for hydroxylation is 2. The fourth-order valence-electron chi connectivity index (χ4n) is 1.68. The lowest BCUT2D eigenvalue weighted by Crippen LogP contribution is -2.02. The lowest BCUT2D eigenvalue weighted by molar-refractivity contribution is 0.926. The molecule has 66 valence electrons. The Labute approximate surface area is 80.0 Å². The van der Waals surface area contributed by atoms with Gasteiger partial charge in [-0.1, -0.05) is 24.1 Å². The van der Waals surface area contributed by atoms with Gasteiger partial charge in [0.1, 0.15) is 0 Å². The standard InChI is InChI=1S/C13H14/c1-4-13(7-8-13)12-6-5-10(2)11(3)9-12/h1,5-6,9H,7-8H2,2-3H3. The van der Waals surface area contributed by atoms with Gasteiger partial charge in [0.05, 0.1) is 5.41 Å². The highest BCUT2D eigenvalue weighted by atomic mass is 14.4. The summed E-state index contributed by atoms with van der Waals surface area (Å²) in [6.45, 7) is 4.28. The first-order valence-electron chi connectivity index (χ1n) is 4.73. The smallest absolute Gasteiger partial charge is 0.0561 e. The maximum Gasteiger partial charge on any atom is 0.0561 e. The largest absolute Gasteiger partial charge is 0.119 e. The summed E-state index contributed by atoms with van der Waals surface area (Å²) in [6.07, 6.45) is 7.86. The van der Waals surface area contributed by atoms with Gasteiger partial charge in [0.15, 0.2) is 0 Å². The molecule has 1 aromatic carbocycles. The summed E-state index contributed by atoms with van der Waals surface area (Å²) in [6, 6.07) is 6.58. The maximum atomic E-state index is 5.54. The Morgan fingerprint density at radius 1 is 1.23 bits per heavy atom. The van der Waals surface area contributed by atoms with E-state index in [1.54, 1.807) is 0 Å². The van der Waals surface area contributed by atoms with Crippen molar-refractivity contribution in [2.24, 2.45) is 0 Å². The number of rotatable bonds is 1. The highest BCUT2D eigenvalue weighted by Crippen LogP contribution is 2.47. The first-order valence-corrected chi connectivity index (χ1v) is 4.73. The molecule has 0 heterocycles. The molecule has 0 N–H and O–H groups in total. The summed E-state index contributed by atoms with van der Waals surface area (Å²) in [4.78, 5) is 0. The average Bonchev–Trinajstić information content (AvgIpc) is 2.90. The monoisotopic (exact) mass is 170 g/mol. The molecule has 0 nitrogen and oxygen atoms in total. The van der Waals surface area contributed by atoms with Crippen LogP contribution in [0.2, 0.25) is 0 Å². The van der Waals surface area contributed by atoms with E-state index in [2.05, 4.69) is 38.0 Å². The van der Waals surface area contributed by atoms with Crippen LogP contribution in [0.15, 0.2) is 18.2 Å². The van der Waals surface area contributed by atoms with E-state index in [0.717, 1.165) is 12.8 Å². The molecular formula is C13H14. The van der Waals surface area contributed by atoms with Gasteiger partial charge >= 0.3 is 0 Å². The van der Waals surface area contributed by atoms with Crippen molar-refractivity contribution in [1.82, 2.24) is 0 Å². The van der Waals surface area contributed by atoms with Crippen molar-refractivity contribution < 1.29 is 0 Å². The van der Waals surface area contributed by atoms with Gasteiger partial charge in [-0.3, -0.25) is 0 Å². The van der Waals surface area contributed by atoms with Crippen molar-refractivity contribution in [3.63, 3.8) is 0 Å². The Morgan fingerprint density at radius 3 is 2.38 bits per heavy atom. The van der Waals surface area contributed by atoms with Gasteiger partial charge in [-0.15, -0.1) is 6.42 Å². The van der Waals surface area contributed by atoms with E-state index in [1.165, 1.54) is 16.7 Å². The second-order valence-electron chi connectivity index (χ2n) is 4.03. The number of hydrogen-bond acceptors (Lipinski definition) is 0. The molecule has 1 saturated carbocycles. The van der Waals surface area contributed by atoms with Gasteiger partial charge in [-0.05, 0) is 43.4 Å². The zero-order valence-corrected chi connectivity index (χ0v) is 8.22. The highest BCUT2D eigenvalue weighted by Gasteiger charge is 2.42. The van der Waals surface area contributed by atoms with Crippen molar-refractivity contribution in [3.05, 3.63) is 34.9 Å². The van der Waals surface area contributed by atoms with Crippen LogP contribution in [-0.4, -0.2) is 0 Å². The van der Waals surface area contributed by atoms with Crippen molar-refractivity contribution >= 4 is 0 Å². The predicted molar refractivity (Wildman–Crippen MR) is 55.7 cm³/mol. The predicted octanol–water partition coefficient (Wildman–Crippen LogP) is 2.97. The van der Waals surface area contributed by atoms with Crippen LogP contribution in [0, 0.1) is 26.2 Å². The Kier molecular flexibility index (Phi) is 1.70. The van der Waals surface area contributed by atoms with E-state index in [4.69, 9.17) is 6.42 Å². The van der Waals surface area contributed by atoms with Gasteiger partial charge in [0.2, 0.25) is 0 Å². The Morgan fingerprint density at radius 2 is 1.92 bits per heavy atom. The first-order chi connectivity index (χ1) is 6.18. The molecule has 13 heavy (non-hydrogen) atoms. The summed E-state index contributed by atoms with van der Waals surface area (Å²) >= 11 is 0. The molecule has 0 heteroatoms. The van der Waals surface area contributed by atoms with E-state index in [1.807, 2.05) is 0 Å². The molecule has 0 aliphatic heterocycles. The minimum absolute atomic E-state index is 0.0957. The second-order valence-corrected chi connectivity index (χ2v) is 4.03. The Hall–Kier alpha value is -1.22. The minimum atomic E-state index is 0.0957. The summed E-state index contributed by atoms with van der Waals surface area (Å²) in [7, 11) is 0. The number of terminal acetylenes is 1. The molecule has 0 aromatic heterocycles. The number of hydrogen-bond donors (Lipinski definition) is 0. The molecule has 1 aliphatic carbocycles. The molecule has 0 amide bonds. The van der Waals surface area contributed by atoms with Crippen LogP contribution < -0.4 is 0 Å². The quantitative estimate of drug-likeness (QED) is 0.568. The topological polar surface area (TPSA) is 0 Å². The molecule has 2 rings (SSSR count). The highest BCUT2D eigenvalue weighted by molar-refractivity contribution is 5.43. The third-order valence-electron chi connectivity index (χ3n) is 3.09. The molecule has 0 bridgehead atoms. The average molecular weight is 170 g/mol. The Balaban J connectivity index is 2.44. The SMILES string of the molecule is C#CC1(c2ccc(C)c(C)c2)CC1. The van der Waals surface area contributed by atoms with Crippen LogP contribution in [0.4, 0.5) is 0 Å².